The van der Waals surface area contributed by atoms with Gasteiger partial charge in [-0.15, -0.1) is 0 Å². The number of ether oxygens (including phenoxy) is 2. The molecule has 0 amide bonds. The number of nitrogens with two attached hydrogens (primary N) is 1. The second-order valence-electron chi connectivity index (χ2n) is 6.67. The Labute approximate surface area is 160 Å². The Morgan fingerprint density at radius 2 is 2.14 bits per heavy atom. The van der Waals surface area contributed by atoms with Crippen molar-refractivity contribution in [3.8, 4) is 0 Å². The molecule has 1 aromatic heterocycles. The monoisotopic (exact) mass is 389 g/mol. The van der Waals surface area contributed by atoms with Gasteiger partial charge in [0.15, 0.2) is 0 Å². The Hall–Kier alpha value is -2.75. The van der Waals surface area contributed by atoms with E-state index in [2.05, 4.69) is 4.98 Å². The number of aryl methyl sites for hydroxylation is 1. The molecule has 28 heavy (non-hydrogen) atoms. The average Bonchev–Trinajstić information content (AvgIpc) is 3.08. The van der Waals surface area contributed by atoms with E-state index in [1.54, 1.807) is 19.1 Å². The van der Waals surface area contributed by atoms with Crippen molar-refractivity contribution in [2.24, 2.45) is 5.73 Å². The van der Waals surface area contributed by atoms with Gasteiger partial charge in [0.25, 0.3) is 5.56 Å². The molecule has 1 saturated heterocycles. The highest BCUT2D eigenvalue weighted by molar-refractivity contribution is 5.91. The molecule has 4 N–H and O–H groups in total. The van der Waals surface area contributed by atoms with Crippen LogP contribution >= 0.6 is 0 Å². The van der Waals surface area contributed by atoms with Crippen LogP contribution in [0.3, 0.4) is 0 Å². The van der Waals surface area contributed by atoms with E-state index in [1.165, 1.54) is 10.8 Å². The molecule has 0 spiro atoms. The fraction of sp³-hybridized carbons (Fsp3) is 0.421. The van der Waals surface area contributed by atoms with E-state index in [0.29, 0.717) is 24.1 Å². The van der Waals surface area contributed by atoms with E-state index in [-0.39, 0.29) is 13.0 Å². The summed E-state index contributed by atoms with van der Waals surface area (Å²) in [4.78, 5) is 38.5. The quantitative estimate of drug-likeness (QED) is 0.585. The number of benzene rings is 1. The molecular weight excluding hydrogens is 366 g/mol. The minimum absolute atomic E-state index is 0.168. The van der Waals surface area contributed by atoms with Crippen molar-refractivity contribution in [2.75, 3.05) is 13.2 Å². The second-order valence-corrected chi connectivity index (χ2v) is 6.67. The molecule has 1 aliphatic heterocycles. The molecule has 9 nitrogen and oxygen atoms in total. The first-order chi connectivity index (χ1) is 13.4. The van der Waals surface area contributed by atoms with Crippen molar-refractivity contribution in [1.82, 2.24) is 9.55 Å². The summed E-state index contributed by atoms with van der Waals surface area (Å²) in [6.45, 7) is 1.59. The molecule has 9 heteroatoms. The summed E-state index contributed by atoms with van der Waals surface area (Å²) in [7, 11) is 0. The summed E-state index contributed by atoms with van der Waals surface area (Å²) in [5.74, 6) is -0.540. The van der Waals surface area contributed by atoms with Gasteiger partial charge in [0.05, 0.1) is 12.2 Å². The molecule has 3 atom stereocenters. The summed E-state index contributed by atoms with van der Waals surface area (Å²) >= 11 is 0. The lowest BCUT2D eigenvalue weighted by atomic mass is 10.0. The molecule has 1 unspecified atom stereocenters. The lowest BCUT2D eigenvalue weighted by Crippen LogP contribution is -2.33. The third-order valence-corrected chi connectivity index (χ3v) is 4.73. The van der Waals surface area contributed by atoms with Crippen molar-refractivity contribution in [3.63, 3.8) is 0 Å². The second kappa shape index (κ2) is 8.51. The number of aliphatic hydroxyl groups excluding tert-OH is 1. The minimum Gasteiger partial charge on any atom is -0.456 e. The zero-order valence-electron chi connectivity index (χ0n) is 15.5. The number of aromatic amines is 1. The zero-order chi connectivity index (χ0) is 20.3. The van der Waals surface area contributed by atoms with Gasteiger partial charge in [-0.1, -0.05) is 18.2 Å². The van der Waals surface area contributed by atoms with E-state index >= 15 is 0 Å². The number of aromatic nitrogens is 2. The molecule has 2 heterocycles. The van der Waals surface area contributed by atoms with E-state index in [9.17, 15) is 19.5 Å². The van der Waals surface area contributed by atoms with Gasteiger partial charge in [-0.2, -0.15) is 0 Å². The molecule has 0 radical (unpaired) electrons. The Morgan fingerprint density at radius 1 is 1.39 bits per heavy atom. The molecule has 2 aromatic rings. The number of esters is 1. The smallest absolute Gasteiger partial charge is 0.338 e. The summed E-state index contributed by atoms with van der Waals surface area (Å²) in [6.07, 6.45) is -0.202. The first-order valence-electron chi connectivity index (χ1n) is 9.02. The third kappa shape index (κ3) is 4.06. The van der Waals surface area contributed by atoms with E-state index < -0.39 is 35.7 Å². The molecule has 1 aliphatic rings. The maximum absolute atomic E-state index is 12.7. The zero-order valence-corrected chi connectivity index (χ0v) is 15.5. The van der Waals surface area contributed by atoms with Crippen LogP contribution in [0.4, 0.5) is 0 Å². The number of hydrogen-bond acceptors (Lipinski definition) is 7. The van der Waals surface area contributed by atoms with Gasteiger partial charge in [-0.25, -0.2) is 9.59 Å². The van der Waals surface area contributed by atoms with Crippen LogP contribution in [0.15, 0.2) is 40.1 Å². The predicted molar refractivity (Wildman–Crippen MR) is 100 cm³/mol. The topological polar surface area (TPSA) is 137 Å². The van der Waals surface area contributed by atoms with Crippen molar-refractivity contribution >= 4 is 5.97 Å². The number of rotatable bonds is 6. The van der Waals surface area contributed by atoms with Crippen molar-refractivity contribution in [2.45, 2.75) is 38.2 Å². The lowest BCUT2D eigenvalue weighted by Gasteiger charge is -2.17. The van der Waals surface area contributed by atoms with Gasteiger partial charge in [0, 0.05) is 18.2 Å². The predicted octanol–water partition coefficient (Wildman–Crippen LogP) is -0.148. The van der Waals surface area contributed by atoms with Crippen LogP contribution in [0.5, 0.6) is 0 Å². The Balaban J connectivity index is 1.80. The Bertz CT molecular complexity index is 967. The SMILES string of the molecule is Cc1cn([C@H]2C[C@@H](OC(=O)c3ccccc3CCN)C(CO)O2)c(=O)[nH]c1=O. The molecular formula is C19H23N3O6. The van der Waals surface area contributed by atoms with Crippen LogP contribution in [0, 0.1) is 6.92 Å². The Morgan fingerprint density at radius 3 is 2.86 bits per heavy atom. The summed E-state index contributed by atoms with van der Waals surface area (Å²) in [6, 6.07) is 7.02. The first kappa shape index (κ1) is 20.0. The molecule has 1 aromatic carbocycles. The van der Waals surface area contributed by atoms with Crippen molar-refractivity contribution in [1.29, 1.82) is 0 Å². The molecule has 1 fully saturated rings. The number of carbonyl (C=O) groups is 1. The van der Waals surface area contributed by atoms with Crippen LogP contribution in [0.1, 0.15) is 34.1 Å². The van der Waals surface area contributed by atoms with Crippen molar-refractivity contribution < 1.29 is 19.4 Å². The highest BCUT2D eigenvalue weighted by Gasteiger charge is 2.39. The number of hydrogen-bond donors (Lipinski definition) is 3. The van der Waals surface area contributed by atoms with Gasteiger partial charge in [0.2, 0.25) is 0 Å². The van der Waals surface area contributed by atoms with Gasteiger partial charge in [0.1, 0.15) is 18.4 Å². The number of aliphatic hydroxyl groups is 1. The standard InChI is InChI=1S/C19H23N3O6/c1-11-9-22(19(26)21-17(11)24)16-8-14(15(10-23)27-16)28-18(25)13-5-3-2-4-12(13)6-7-20/h2-5,9,14-16,23H,6-8,10,20H2,1H3,(H,21,24,26)/t14-,15?,16-/m1/s1. The number of H-pyrrole nitrogens is 1. The normalized spacial score (nSPS) is 21.6. The largest absolute Gasteiger partial charge is 0.456 e. The highest BCUT2D eigenvalue weighted by atomic mass is 16.6. The minimum atomic E-state index is -0.783. The van der Waals surface area contributed by atoms with Crippen molar-refractivity contribution in [3.05, 3.63) is 68.0 Å². The first-order valence-corrected chi connectivity index (χ1v) is 9.02. The average molecular weight is 389 g/mol. The van der Waals surface area contributed by atoms with Gasteiger partial charge >= 0.3 is 11.7 Å². The highest BCUT2D eigenvalue weighted by Crippen LogP contribution is 2.30. The summed E-state index contributed by atoms with van der Waals surface area (Å²) in [5, 5.41) is 9.61. The van der Waals surface area contributed by atoms with Crippen LogP contribution in [0.2, 0.25) is 0 Å². The van der Waals surface area contributed by atoms with Gasteiger partial charge in [-0.3, -0.25) is 14.3 Å². The van der Waals surface area contributed by atoms with E-state index in [0.717, 1.165) is 5.56 Å². The third-order valence-electron chi connectivity index (χ3n) is 4.73. The molecule has 0 saturated carbocycles. The lowest BCUT2D eigenvalue weighted by molar-refractivity contribution is -0.0522. The molecule has 0 bridgehead atoms. The fourth-order valence-electron chi connectivity index (χ4n) is 3.25. The maximum Gasteiger partial charge on any atom is 0.338 e. The fourth-order valence-corrected chi connectivity index (χ4v) is 3.25. The number of carbonyl (C=O) groups excluding carboxylic acids is 1. The summed E-state index contributed by atoms with van der Waals surface area (Å²) < 4.78 is 12.5. The Kier molecular flexibility index (Phi) is 6.08. The molecule has 3 rings (SSSR count). The van der Waals surface area contributed by atoms with Gasteiger partial charge in [-0.05, 0) is 31.5 Å². The number of nitrogens with one attached hydrogen (secondary N) is 1. The van der Waals surface area contributed by atoms with Crippen LogP contribution in [0.25, 0.3) is 0 Å². The van der Waals surface area contributed by atoms with E-state index in [4.69, 9.17) is 15.2 Å². The van der Waals surface area contributed by atoms with E-state index in [1.807, 2.05) is 12.1 Å². The summed E-state index contributed by atoms with van der Waals surface area (Å²) in [5.41, 5.74) is 6.02. The molecule has 0 aliphatic carbocycles. The number of nitrogens with zero attached hydrogens (tertiary/aromatic N) is 1. The van der Waals surface area contributed by atoms with Crippen LogP contribution in [-0.2, 0) is 15.9 Å². The van der Waals surface area contributed by atoms with Crippen LogP contribution < -0.4 is 17.0 Å². The van der Waals surface area contributed by atoms with Crippen LogP contribution in [-0.4, -0.2) is 46.0 Å². The molecule has 150 valence electrons. The maximum atomic E-state index is 12.7. The van der Waals surface area contributed by atoms with Gasteiger partial charge < -0.3 is 20.3 Å².